The van der Waals surface area contributed by atoms with Crippen molar-refractivity contribution in [2.24, 2.45) is 11.8 Å². The smallest absolute Gasteiger partial charge is 0.137 e. The molecule has 0 heterocycles. The Labute approximate surface area is 121 Å². The molecule has 1 aromatic carbocycles. The molecule has 106 valence electrons. The van der Waals surface area contributed by atoms with Crippen LogP contribution in [-0.2, 0) is 0 Å². The zero-order valence-electron chi connectivity index (χ0n) is 12.1. The molecule has 0 aliphatic heterocycles. The number of hydrogen-bond acceptors (Lipinski definition) is 2. The molecular formula is C16H24ClNO. The van der Waals surface area contributed by atoms with Gasteiger partial charge in [-0.05, 0) is 42.9 Å². The van der Waals surface area contributed by atoms with Crippen LogP contribution >= 0.6 is 11.6 Å². The van der Waals surface area contributed by atoms with E-state index in [2.05, 4.69) is 19.2 Å². The van der Waals surface area contributed by atoms with Crippen molar-refractivity contribution in [2.75, 3.05) is 12.4 Å². The second-order valence-corrected chi connectivity index (χ2v) is 6.27. The van der Waals surface area contributed by atoms with Gasteiger partial charge in [-0.15, -0.1) is 0 Å². The fourth-order valence-corrected chi connectivity index (χ4v) is 3.21. The third-order valence-corrected chi connectivity index (χ3v) is 4.48. The molecule has 0 amide bonds. The Kier molecular flexibility index (Phi) is 4.98. The monoisotopic (exact) mass is 281 g/mol. The third-order valence-electron chi connectivity index (χ3n) is 4.18. The van der Waals surface area contributed by atoms with Crippen LogP contribution in [0.5, 0.6) is 5.75 Å². The zero-order chi connectivity index (χ0) is 13.8. The van der Waals surface area contributed by atoms with Crippen LogP contribution in [0.25, 0.3) is 0 Å². The number of anilines is 1. The van der Waals surface area contributed by atoms with Crippen LogP contribution in [0.15, 0.2) is 18.2 Å². The summed E-state index contributed by atoms with van der Waals surface area (Å²) in [7, 11) is 1.64. The lowest BCUT2D eigenvalue weighted by Gasteiger charge is -2.32. The summed E-state index contributed by atoms with van der Waals surface area (Å²) >= 11 is 6.16. The summed E-state index contributed by atoms with van der Waals surface area (Å²) in [5.74, 6) is 2.36. The SMILES string of the molecule is COc1ccc(NC2CCCC(C(C)C)C2)cc1Cl. The van der Waals surface area contributed by atoms with Crippen LogP contribution in [0.1, 0.15) is 39.5 Å². The van der Waals surface area contributed by atoms with Crippen molar-refractivity contribution in [3.8, 4) is 5.75 Å². The van der Waals surface area contributed by atoms with Crippen LogP contribution in [0.4, 0.5) is 5.69 Å². The number of ether oxygens (including phenoxy) is 1. The first-order valence-corrected chi connectivity index (χ1v) is 7.58. The number of hydrogen-bond donors (Lipinski definition) is 1. The van der Waals surface area contributed by atoms with E-state index >= 15 is 0 Å². The van der Waals surface area contributed by atoms with Gasteiger partial charge in [0.25, 0.3) is 0 Å². The second kappa shape index (κ2) is 6.51. The van der Waals surface area contributed by atoms with Crippen molar-refractivity contribution in [3.63, 3.8) is 0 Å². The Bertz CT molecular complexity index is 419. The summed E-state index contributed by atoms with van der Waals surface area (Å²) in [6.07, 6.45) is 5.22. The molecule has 2 nitrogen and oxygen atoms in total. The Morgan fingerprint density at radius 2 is 2.11 bits per heavy atom. The van der Waals surface area contributed by atoms with E-state index in [0.29, 0.717) is 11.1 Å². The molecule has 1 fully saturated rings. The van der Waals surface area contributed by atoms with E-state index < -0.39 is 0 Å². The Morgan fingerprint density at radius 1 is 1.32 bits per heavy atom. The highest BCUT2D eigenvalue weighted by Crippen LogP contribution is 2.33. The molecule has 1 N–H and O–H groups in total. The van der Waals surface area contributed by atoms with Gasteiger partial charge in [-0.2, -0.15) is 0 Å². The first-order valence-electron chi connectivity index (χ1n) is 7.20. The summed E-state index contributed by atoms with van der Waals surface area (Å²) in [5.41, 5.74) is 1.10. The standard InChI is InChI=1S/C16H24ClNO/c1-11(2)12-5-4-6-13(9-12)18-14-7-8-16(19-3)15(17)10-14/h7-8,10-13,18H,4-6,9H2,1-3H3. The highest BCUT2D eigenvalue weighted by molar-refractivity contribution is 6.32. The summed E-state index contributed by atoms with van der Waals surface area (Å²) in [6, 6.07) is 6.50. The molecule has 0 radical (unpaired) electrons. The van der Waals surface area contributed by atoms with Crippen LogP contribution in [0.3, 0.4) is 0 Å². The number of halogens is 1. The van der Waals surface area contributed by atoms with Crippen molar-refractivity contribution in [1.29, 1.82) is 0 Å². The third kappa shape index (κ3) is 3.79. The lowest BCUT2D eigenvalue weighted by atomic mass is 9.79. The normalized spacial score (nSPS) is 23.4. The molecule has 2 atom stereocenters. The molecule has 19 heavy (non-hydrogen) atoms. The molecule has 3 heteroatoms. The van der Waals surface area contributed by atoms with Gasteiger partial charge < -0.3 is 10.1 Å². The fourth-order valence-electron chi connectivity index (χ4n) is 2.96. The van der Waals surface area contributed by atoms with E-state index in [4.69, 9.17) is 16.3 Å². The predicted molar refractivity (Wildman–Crippen MR) is 82.2 cm³/mol. The number of methoxy groups -OCH3 is 1. The minimum Gasteiger partial charge on any atom is -0.495 e. The van der Waals surface area contributed by atoms with Gasteiger partial charge in [0, 0.05) is 11.7 Å². The average molecular weight is 282 g/mol. The van der Waals surface area contributed by atoms with Gasteiger partial charge in [-0.1, -0.05) is 38.3 Å². The maximum atomic E-state index is 6.16. The van der Waals surface area contributed by atoms with E-state index in [9.17, 15) is 0 Å². The van der Waals surface area contributed by atoms with Crippen LogP contribution in [-0.4, -0.2) is 13.2 Å². The van der Waals surface area contributed by atoms with Crippen LogP contribution < -0.4 is 10.1 Å². The Hall–Kier alpha value is -0.890. The van der Waals surface area contributed by atoms with Crippen molar-refractivity contribution in [2.45, 2.75) is 45.6 Å². The zero-order valence-corrected chi connectivity index (χ0v) is 12.8. The molecule has 0 saturated heterocycles. The molecular weight excluding hydrogens is 258 g/mol. The van der Waals surface area contributed by atoms with E-state index in [1.807, 2.05) is 18.2 Å². The molecule has 2 unspecified atom stereocenters. The fraction of sp³-hybridized carbons (Fsp3) is 0.625. The summed E-state index contributed by atoms with van der Waals surface area (Å²) in [5, 5.41) is 4.29. The highest BCUT2D eigenvalue weighted by Gasteiger charge is 2.24. The van der Waals surface area contributed by atoms with Gasteiger partial charge >= 0.3 is 0 Å². The molecule has 1 aliphatic carbocycles. The van der Waals surface area contributed by atoms with Crippen molar-refractivity contribution in [3.05, 3.63) is 23.2 Å². The van der Waals surface area contributed by atoms with Gasteiger partial charge in [0.2, 0.25) is 0 Å². The molecule has 1 saturated carbocycles. The van der Waals surface area contributed by atoms with Crippen molar-refractivity contribution >= 4 is 17.3 Å². The van der Waals surface area contributed by atoms with Crippen molar-refractivity contribution in [1.82, 2.24) is 0 Å². The lowest BCUT2D eigenvalue weighted by molar-refractivity contribution is 0.264. The number of rotatable bonds is 4. The van der Waals surface area contributed by atoms with Gasteiger partial charge in [-0.3, -0.25) is 0 Å². The topological polar surface area (TPSA) is 21.3 Å². The van der Waals surface area contributed by atoms with E-state index in [1.54, 1.807) is 7.11 Å². The summed E-state index contributed by atoms with van der Waals surface area (Å²) in [6.45, 7) is 4.66. The quantitative estimate of drug-likeness (QED) is 0.841. The highest BCUT2D eigenvalue weighted by atomic mass is 35.5. The molecule has 0 spiro atoms. The van der Waals surface area contributed by atoms with Gasteiger partial charge in [0.1, 0.15) is 5.75 Å². The maximum Gasteiger partial charge on any atom is 0.137 e. The van der Waals surface area contributed by atoms with Crippen LogP contribution in [0, 0.1) is 11.8 Å². The number of benzene rings is 1. The summed E-state index contributed by atoms with van der Waals surface area (Å²) in [4.78, 5) is 0. The minimum absolute atomic E-state index is 0.575. The average Bonchev–Trinajstić information content (AvgIpc) is 2.39. The molecule has 0 bridgehead atoms. The van der Waals surface area contributed by atoms with Crippen molar-refractivity contribution < 1.29 is 4.74 Å². The molecule has 1 aliphatic rings. The first kappa shape index (κ1) is 14.5. The van der Waals surface area contributed by atoms with Gasteiger partial charge in [0.15, 0.2) is 0 Å². The largest absolute Gasteiger partial charge is 0.495 e. The van der Waals surface area contributed by atoms with Gasteiger partial charge in [0.05, 0.1) is 12.1 Å². The van der Waals surface area contributed by atoms with E-state index in [0.717, 1.165) is 23.3 Å². The molecule has 0 aromatic heterocycles. The Balaban J connectivity index is 1.98. The molecule has 1 aromatic rings. The van der Waals surface area contributed by atoms with E-state index in [1.165, 1.54) is 25.7 Å². The first-order chi connectivity index (χ1) is 9.10. The predicted octanol–water partition coefficient (Wildman–Crippen LogP) is 4.98. The van der Waals surface area contributed by atoms with Crippen LogP contribution in [0.2, 0.25) is 5.02 Å². The Morgan fingerprint density at radius 3 is 2.74 bits per heavy atom. The lowest BCUT2D eigenvalue weighted by Crippen LogP contribution is -2.29. The second-order valence-electron chi connectivity index (χ2n) is 5.86. The maximum absolute atomic E-state index is 6.16. The minimum atomic E-state index is 0.575. The molecule has 2 rings (SSSR count). The van der Waals surface area contributed by atoms with E-state index in [-0.39, 0.29) is 0 Å². The summed E-state index contributed by atoms with van der Waals surface area (Å²) < 4.78 is 5.18. The number of nitrogens with one attached hydrogen (secondary N) is 1. The van der Waals surface area contributed by atoms with Gasteiger partial charge in [-0.25, -0.2) is 0 Å².